The van der Waals surface area contributed by atoms with Gasteiger partial charge in [0.25, 0.3) is 0 Å². The molecule has 0 fully saturated rings. The summed E-state index contributed by atoms with van der Waals surface area (Å²) >= 11 is 0.633. The van der Waals surface area contributed by atoms with Crippen molar-refractivity contribution in [1.82, 2.24) is 9.88 Å². The molecule has 1 rings (SSSR count). The lowest BCUT2D eigenvalue weighted by Crippen LogP contribution is -2.24. The second-order valence-electron chi connectivity index (χ2n) is 3.35. The van der Waals surface area contributed by atoms with Crippen molar-refractivity contribution >= 4 is 16.5 Å². The van der Waals surface area contributed by atoms with Gasteiger partial charge in [0.15, 0.2) is 5.13 Å². The van der Waals surface area contributed by atoms with Gasteiger partial charge in [0, 0.05) is 13.1 Å². The third-order valence-corrected chi connectivity index (χ3v) is 3.09. The summed E-state index contributed by atoms with van der Waals surface area (Å²) in [4.78, 5) is 5.07. The lowest BCUT2D eigenvalue weighted by Gasteiger charge is -2.13. The van der Waals surface area contributed by atoms with Crippen LogP contribution >= 0.6 is 11.3 Å². The lowest BCUT2D eigenvalue weighted by atomic mass is 10.5. The lowest BCUT2D eigenvalue weighted by molar-refractivity contribution is -0.134. The molecule has 1 aromatic rings. The number of thiazole rings is 1. The van der Waals surface area contributed by atoms with E-state index < -0.39 is 11.1 Å². The molecule has 0 aliphatic heterocycles. The molecule has 0 atom stereocenters. The number of likely N-dealkylation sites (N-methyl/N-ethyl adjacent to an activating group) is 1. The molecule has 16 heavy (non-hydrogen) atoms. The van der Waals surface area contributed by atoms with Crippen molar-refractivity contribution in [2.75, 3.05) is 32.0 Å². The van der Waals surface area contributed by atoms with Crippen LogP contribution in [-0.2, 0) is 6.18 Å². The summed E-state index contributed by atoms with van der Waals surface area (Å²) in [5, 5.41) is 3.18. The normalized spacial score (nSPS) is 12.1. The van der Waals surface area contributed by atoms with E-state index in [4.69, 9.17) is 0 Å². The Morgan fingerprint density at radius 1 is 1.50 bits per heavy atom. The summed E-state index contributed by atoms with van der Waals surface area (Å²) in [7, 11) is 1.95. The topological polar surface area (TPSA) is 28.2 Å². The second kappa shape index (κ2) is 5.49. The van der Waals surface area contributed by atoms with Gasteiger partial charge in [-0.1, -0.05) is 18.3 Å². The fourth-order valence-electron chi connectivity index (χ4n) is 0.999. The molecule has 0 saturated carbocycles. The van der Waals surface area contributed by atoms with Gasteiger partial charge in [-0.05, 0) is 13.6 Å². The van der Waals surface area contributed by atoms with Crippen LogP contribution in [0.4, 0.5) is 18.3 Å². The van der Waals surface area contributed by atoms with Crippen molar-refractivity contribution in [3.8, 4) is 0 Å². The molecule has 0 radical (unpaired) electrons. The maximum atomic E-state index is 12.2. The summed E-state index contributed by atoms with van der Waals surface area (Å²) in [6.45, 7) is 4.30. The van der Waals surface area contributed by atoms with Gasteiger partial charge in [-0.3, -0.25) is 0 Å². The fraction of sp³-hybridized carbons (Fsp3) is 0.667. The molecule has 7 heteroatoms. The Balaban J connectivity index is 2.41. The van der Waals surface area contributed by atoms with Gasteiger partial charge in [0.2, 0.25) is 0 Å². The van der Waals surface area contributed by atoms with Crippen LogP contribution in [0.1, 0.15) is 11.8 Å². The standard InChI is InChI=1S/C9H14F3N3S/c1-3-15(2)5-4-13-8-14-6-7(16-8)9(10,11)12/h6H,3-5H2,1-2H3,(H,13,14). The maximum absolute atomic E-state index is 12.2. The van der Waals surface area contributed by atoms with Crippen molar-refractivity contribution in [2.24, 2.45) is 0 Å². The Morgan fingerprint density at radius 3 is 2.69 bits per heavy atom. The highest BCUT2D eigenvalue weighted by molar-refractivity contribution is 7.15. The number of rotatable bonds is 5. The summed E-state index contributed by atoms with van der Waals surface area (Å²) in [6.07, 6.45) is -3.44. The highest BCUT2D eigenvalue weighted by Crippen LogP contribution is 2.34. The molecule has 0 aliphatic carbocycles. The smallest absolute Gasteiger partial charge is 0.360 e. The van der Waals surface area contributed by atoms with Crippen molar-refractivity contribution in [3.05, 3.63) is 11.1 Å². The monoisotopic (exact) mass is 253 g/mol. The Labute approximate surface area is 96.3 Å². The van der Waals surface area contributed by atoms with Gasteiger partial charge in [0.1, 0.15) is 4.88 Å². The molecule has 1 N–H and O–H groups in total. The Bertz CT molecular complexity index is 324. The SMILES string of the molecule is CCN(C)CCNc1ncc(C(F)(F)F)s1. The van der Waals surface area contributed by atoms with E-state index in [0.29, 0.717) is 23.0 Å². The van der Waals surface area contributed by atoms with E-state index in [2.05, 4.69) is 15.2 Å². The van der Waals surface area contributed by atoms with E-state index in [-0.39, 0.29) is 0 Å². The second-order valence-corrected chi connectivity index (χ2v) is 4.38. The zero-order valence-corrected chi connectivity index (χ0v) is 9.95. The first-order valence-corrected chi connectivity index (χ1v) is 5.70. The first-order valence-electron chi connectivity index (χ1n) is 4.89. The number of nitrogens with one attached hydrogen (secondary N) is 1. The molecule has 0 amide bonds. The number of hydrogen-bond acceptors (Lipinski definition) is 4. The molecule has 3 nitrogen and oxygen atoms in total. The minimum atomic E-state index is -4.29. The highest BCUT2D eigenvalue weighted by Gasteiger charge is 2.33. The van der Waals surface area contributed by atoms with Crippen LogP contribution in [-0.4, -0.2) is 36.6 Å². The molecule has 0 unspecified atom stereocenters. The average Bonchev–Trinajstić information content (AvgIpc) is 2.65. The summed E-state index contributed by atoms with van der Waals surface area (Å²) < 4.78 is 36.7. The van der Waals surface area contributed by atoms with Crippen LogP contribution < -0.4 is 5.32 Å². The first-order chi connectivity index (χ1) is 7.43. The van der Waals surface area contributed by atoms with Gasteiger partial charge in [0.05, 0.1) is 6.20 Å². The largest absolute Gasteiger partial charge is 0.427 e. The van der Waals surface area contributed by atoms with Gasteiger partial charge in [-0.15, -0.1) is 0 Å². The predicted molar refractivity (Wildman–Crippen MR) is 58.8 cm³/mol. The molecule has 0 spiro atoms. The van der Waals surface area contributed by atoms with Crippen molar-refractivity contribution < 1.29 is 13.2 Å². The van der Waals surface area contributed by atoms with Crippen LogP contribution in [0, 0.1) is 0 Å². The fourth-order valence-corrected chi connectivity index (χ4v) is 1.71. The van der Waals surface area contributed by atoms with Crippen molar-refractivity contribution in [2.45, 2.75) is 13.1 Å². The highest BCUT2D eigenvalue weighted by atomic mass is 32.1. The molecule has 1 heterocycles. The van der Waals surface area contributed by atoms with E-state index in [9.17, 15) is 13.2 Å². The van der Waals surface area contributed by atoms with Crippen molar-refractivity contribution in [1.29, 1.82) is 0 Å². The molecular weight excluding hydrogens is 239 g/mol. The summed E-state index contributed by atoms with van der Waals surface area (Å²) in [5.74, 6) is 0. The average molecular weight is 253 g/mol. The van der Waals surface area contributed by atoms with Gasteiger partial charge in [-0.25, -0.2) is 4.98 Å². The number of nitrogens with zero attached hydrogens (tertiary/aromatic N) is 2. The number of hydrogen-bond donors (Lipinski definition) is 1. The van der Waals surface area contributed by atoms with Crippen LogP contribution in [0.2, 0.25) is 0 Å². The van der Waals surface area contributed by atoms with Crippen molar-refractivity contribution in [3.63, 3.8) is 0 Å². The first kappa shape index (κ1) is 13.2. The number of halogens is 3. The third kappa shape index (κ3) is 3.97. The minimum absolute atomic E-state index is 0.317. The van der Waals surface area contributed by atoms with Gasteiger partial charge >= 0.3 is 6.18 Å². The molecule has 92 valence electrons. The summed E-state index contributed by atoms with van der Waals surface area (Å²) in [6, 6.07) is 0. The molecule has 0 aliphatic rings. The predicted octanol–water partition coefficient (Wildman–Crippen LogP) is 2.53. The zero-order valence-electron chi connectivity index (χ0n) is 9.14. The maximum Gasteiger partial charge on any atom is 0.427 e. The quantitative estimate of drug-likeness (QED) is 0.874. The van der Waals surface area contributed by atoms with Crippen LogP contribution in [0.25, 0.3) is 0 Å². The number of alkyl halides is 3. The van der Waals surface area contributed by atoms with Crippen LogP contribution in [0.5, 0.6) is 0 Å². The molecule has 0 bridgehead atoms. The molecule has 0 aromatic carbocycles. The number of anilines is 1. The third-order valence-electron chi connectivity index (χ3n) is 2.09. The Kier molecular flexibility index (Phi) is 4.55. The van der Waals surface area contributed by atoms with Crippen LogP contribution in [0.15, 0.2) is 6.20 Å². The van der Waals surface area contributed by atoms with Gasteiger partial charge < -0.3 is 10.2 Å². The van der Waals surface area contributed by atoms with E-state index in [1.54, 1.807) is 0 Å². The van der Waals surface area contributed by atoms with E-state index in [1.165, 1.54) is 0 Å². The molecular formula is C9H14F3N3S. The molecule has 1 aromatic heterocycles. The minimum Gasteiger partial charge on any atom is -0.360 e. The molecule has 0 saturated heterocycles. The van der Waals surface area contributed by atoms with E-state index in [1.807, 2.05) is 14.0 Å². The number of aromatic nitrogens is 1. The van der Waals surface area contributed by atoms with Gasteiger partial charge in [-0.2, -0.15) is 13.2 Å². The Morgan fingerprint density at radius 2 is 2.19 bits per heavy atom. The summed E-state index contributed by atoms with van der Waals surface area (Å²) in [5.41, 5.74) is 0. The van der Waals surface area contributed by atoms with Crippen LogP contribution in [0.3, 0.4) is 0 Å². The van der Waals surface area contributed by atoms with E-state index in [0.717, 1.165) is 19.3 Å². The Hall–Kier alpha value is -0.820. The van der Waals surface area contributed by atoms with E-state index >= 15 is 0 Å². The zero-order chi connectivity index (χ0) is 12.2.